The maximum absolute atomic E-state index is 12.4. The van der Waals surface area contributed by atoms with E-state index in [9.17, 15) is 9.90 Å². The number of phenolic OH excluding ortho intramolecular Hbond substituents is 1. The van der Waals surface area contributed by atoms with Crippen LogP contribution in [-0.2, 0) is 15.1 Å². The summed E-state index contributed by atoms with van der Waals surface area (Å²) in [6, 6.07) is 7.16. The first kappa shape index (κ1) is 13.9. The third-order valence-corrected chi connectivity index (χ3v) is 3.54. The molecule has 1 saturated carbocycles. The number of carbonyl (C=O) groups excluding carboxylic acids is 1. The summed E-state index contributed by atoms with van der Waals surface area (Å²) in [5, 5.41) is 12.8. The zero-order valence-corrected chi connectivity index (χ0v) is 11.5. The van der Waals surface area contributed by atoms with E-state index in [2.05, 4.69) is 5.32 Å². The molecule has 0 aromatic heterocycles. The van der Waals surface area contributed by atoms with Crippen molar-refractivity contribution >= 4 is 5.97 Å². The Morgan fingerprint density at radius 1 is 1.37 bits per heavy atom. The molecule has 104 valence electrons. The largest absolute Gasteiger partial charge is 0.508 e. The van der Waals surface area contributed by atoms with Crippen molar-refractivity contribution in [2.75, 3.05) is 6.61 Å². The summed E-state index contributed by atoms with van der Waals surface area (Å²) in [5.74, 6) is -0.0425. The number of phenols is 1. The van der Waals surface area contributed by atoms with Gasteiger partial charge >= 0.3 is 5.97 Å². The molecule has 1 atom stereocenters. The SMILES string of the molecule is CCOC(=O)C(CC)(NC1CC1)c1ccc(O)cc1. The smallest absolute Gasteiger partial charge is 0.330 e. The van der Waals surface area contributed by atoms with E-state index in [1.807, 2.05) is 13.8 Å². The minimum absolute atomic E-state index is 0.198. The summed E-state index contributed by atoms with van der Waals surface area (Å²) in [7, 11) is 0. The molecule has 0 amide bonds. The van der Waals surface area contributed by atoms with Gasteiger partial charge in [-0.1, -0.05) is 19.1 Å². The number of hydrogen-bond donors (Lipinski definition) is 2. The van der Waals surface area contributed by atoms with E-state index in [0.29, 0.717) is 19.1 Å². The Morgan fingerprint density at radius 3 is 2.47 bits per heavy atom. The second-order valence-electron chi connectivity index (χ2n) is 4.94. The number of nitrogens with one attached hydrogen (secondary N) is 1. The first-order chi connectivity index (χ1) is 9.12. The average Bonchev–Trinajstić information content (AvgIpc) is 3.21. The molecule has 2 N–H and O–H groups in total. The van der Waals surface area contributed by atoms with Gasteiger partial charge in [0.2, 0.25) is 0 Å². The highest BCUT2D eigenvalue weighted by atomic mass is 16.5. The van der Waals surface area contributed by atoms with Crippen LogP contribution < -0.4 is 5.32 Å². The van der Waals surface area contributed by atoms with E-state index >= 15 is 0 Å². The molecule has 0 aliphatic heterocycles. The molecule has 4 nitrogen and oxygen atoms in total. The van der Waals surface area contributed by atoms with Crippen LogP contribution in [0.15, 0.2) is 24.3 Å². The molecule has 0 spiro atoms. The minimum atomic E-state index is -0.801. The number of rotatable bonds is 6. The molecule has 1 aliphatic carbocycles. The van der Waals surface area contributed by atoms with E-state index in [4.69, 9.17) is 4.74 Å². The number of ether oxygens (including phenoxy) is 1. The predicted molar refractivity (Wildman–Crippen MR) is 72.9 cm³/mol. The van der Waals surface area contributed by atoms with Gasteiger partial charge in [0, 0.05) is 6.04 Å². The Bertz CT molecular complexity index is 439. The van der Waals surface area contributed by atoms with Gasteiger partial charge in [-0.15, -0.1) is 0 Å². The van der Waals surface area contributed by atoms with E-state index in [1.54, 1.807) is 24.3 Å². The Morgan fingerprint density at radius 2 is 2.00 bits per heavy atom. The highest BCUT2D eigenvalue weighted by molar-refractivity contribution is 5.82. The number of esters is 1. The number of aromatic hydroxyl groups is 1. The monoisotopic (exact) mass is 263 g/mol. The Balaban J connectivity index is 2.35. The van der Waals surface area contributed by atoms with Crippen molar-refractivity contribution in [3.8, 4) is 5.75 Å². The van der Waals surface area contributed by atoms with Crippen LogP contribution in [0.25, 0.3) is 0 Å². The van der Waals surface area contributed by atoms with Gasteiger partial charge in [-0.05, 0) is 43.9 Å². The van der Waals surface area contributed by atoms with Crippen LogP contribution in [0.1, 0.15) is 38.7 Å². The molecule has 1 aromatic rings. The van der Waals surface area contributed by atoms with Crippen molar-refractivity contribution in [3.63, 3.8) is 0 Å². The molecule has 2 rings (SSSR count). The molecule has 1 aromatic carbocycles. The van der Waals surface area contributed by atoms with Gasteiger partial charge in [0.15, 0.2) is 0 Å². The molecule has 0 bridgehead atoms. The van der Waals surface area contributed by atoms with Crippen molar-refractivity contribution in [3.05, 3.63) is 29.8 Å². The summed E-state index contributed by atoms with van der Waals surface area (Å²) >= 11 is 0. The molecular weight excluding hydrogens is 242 g/mol. The van der Waals surface area contributed by atoms with Crippen LogP contribution in [0.5, 0.6) is 5.75 Å². The quantitative estimate of drug-likeness (QED) is 0.773. The fraction of sp³-hybridized carbons (Fsp3) is 0.533. The fourth-order valence-electron chi connectivity index (χ4n) is 2.29. The number of hydrogen-bond acceptors (Lipinski definition) is 4. The number of benzene rings is 1. The molecule has 0 heterocycles. The van der Waals surface area contributed by atoms with Gasteiger partial charge in [-0.25, -0.2) is 4.79 Å². The summed E-state index contributed by atoms with van der Waals surface area (Å²) in [4.78, 5) is 12.4. The Hall–Kier alpha value is -1.55. The van der Waals surface area contributed by atoms with E-state index in [1.165, 1.54) is 0 Å². The lowest BCUT2D eigenvalue weighted by Crippen LogP contribution is -2.50. The number of carbonyl (C=O) groups is 1. The van der Waals surface area contributed by atoms with E-state index < -0.39 is 5.54 Å². The highest BCUT2D eigenvalue weighted by Gasteiger charge is 2.43. The standard InChI is InChI=1S/C15H21NO3/c1-3-15(14(18)19-4-2,16-12-7-8-12)11-5-9-13(17)10-6-11/h5-6,9-10,12,16-17H,3-4,7-8H2,1-2H3. The van der Waals surface area contributed by atoms with Crippen molar-refractivity contribution in [1.29, 1.82) is 0 Å². The fourth-order valence-corrected chi connectivity index (χ4v) is 2.29. The van der Waals surface area contributed by atoms with Gasteiger partial charge in [-0.2, -0.15) is 0 Å². The normalized spacial score (nSPS) is 17.8. The van der Waals surface area contributed by atoms with E-state index in [-0.39, 0.29) is 11.7 Å². The maximum atomic E-state index is 12.4. The average molecular weight is 263 g/mol. The second-order valence-corrected chi connectivity index (χ2v) is 4.94. The van der Waals surface area contributed by atoms with Gasteiger partial charge in [-0.3, -0.25) is 5.32 Å². The highest BCUT2D eigenvalue weighted by Crippen LogP contribution is 2.33. The molecule has 19 heavy (non-hydrogen) atoms. The van der Waals surface area contributed by atoms with Crippen LogP contribution in [0.3, 0.4) is 0 Å². The maximum Gasteiger partial charge on any atom is 0.330 e. The summed E-state index contributed by atoms with van der Waals surface area (Å²) < 4.78 is 5.25. The van der Waals surface area contributed by atoms with Gasteiger partial charge in [0.1, 0.15) is 11.3 Å². The first-order valence-electron chi connectivity index (χ1n) is 6.86. The third kappa shape index (κ3) is 2.89. The second kappa shape index (κ2) is 5.61. The van der Waals surface area contributed by atoms with Gasteiger partial charge in [0.05, 0.1) is 6.61 Å². The molecule has 4 heteroatoms. The van der Waals surface area contributed by atoms with Crippen LogP contribution in [0.4, 0.5) is 0 Å². The lowest BCUT2D eigenvalue weighted by Gasteiger charge is -2.32. The lowest BCUT2D eigenvalue weighted by molar-refractivity contribution is -0.152. The van der Waals surface area contributed by atoms with Crippen LogP contribution in [0, 0.1) is 0 Å². The van der Waals surface area contributed by atoms with E-state index in [0.717, 1.165) is 18.4 Å². The van der Waals surface area contributed by atoms with Gasteiger partial charge in [0.25, 0.3) is 0 Å². The van der Waals surface area contributed by atoms with Crippen LogP contribution >= 0.6 is 0 Å². The minimum Gasteiger partial charge on any atom is -0.508 e. The molecular formula is C15H21NO3. The van der Waals surface area contributed by atoms with Crippen LogP contribution in [0.2, 0.25) is 0 Å². The molecule has 0 saturated heterocycles. The lowest BCUT2D eigenvalue weighted by atomic mass is 9.87. The van der Waals surface area contributed by atoms with Crippen molar-refractivity contribution in [2.24, 2.45) is 0 Å². The zero-order chi connectivity index (χ0) is 13.9. The Kier molecular flexibility index (Phi) is 4.10. The van der Waals surface area contributed by atoms with Crippen molar-refractivity contribution in [2.45, 2.75) is 44.7 Å². The predicted octanol–water partition coefficient (Wildman–Crippen LogP) is 2.31. The Labute approximate surface area is 113 Å². The molecule has 0 radical (unpaired) electrons. The molecule has 1 fully saturated rings. The summed E-state index contributed by atoms with van der Waals surface area (Å²) in [6.45, 7) is 4.15. The summed E-state index contributed by atoms with van der Waals surface area (Å²) in [5.41, 5.74) is 0.0448. The first-order valence-corrected chi connectivity index (χ1v) is 6.86. The van der Waals surface area contributed by atoms with Gasteiger partial charge < -0.3 is 9.84 Å². The topological polar surface area (TPSA) is 58.6 Å². The van der Waals surface area contributed by atoms with Crippen LogP contribution in [-0.4, -0.2) is 23.7 Å². The van der Waals surface area contributed by atoms with Crippen molar-refractivity contribution < 1.29 is 14.6 Å². The summed E-state index contributed by atoms with van der Waals surface area (Å²) in [6.07, 6.45) is 2.81. The third-order valence-electron chi connectivity index (χ3n) is 3.54. The zero-order valence-electron chi connectivity index (χ0n) is 11.5. The molecule has 1 aliphatic rings. The van der Waals surface area contributed by atoms with Crippen molar-refractivity contribution in [1.82, 2.24) is 5.32 Å². The molecule has 1 unspecified atom stereocenters.